The Morgan fingerprint density at radius 2 is 2.00 bits per heavy atom. The van der Waals surface area contributed by atoms with Crippen LogP contribution in [0.1, 0.15) is 12.5 Å². The number of likely N-dealkylation sites (N-methyl/N-ethyl adjacent to an activating group) is 1. The first-order valence-electron chi connectivity index (χ1n) is 7.52. The predicted molar refractivity (Wildman–Crippen MR) is 95.0 cm³/mol. The molecule has 0 atom stereocenters. The highest BCUT2D eigenvalue weighted by Crippen LogP contribution is 2.30. The lowest BCUT2D eigenvalue weighted by molar-refractivity contribution is -0.902. The second-order valence-corrected chi connectivity index (χ2v) is 7.38. The van der Waals surface area contributed by atoms with Gasteiger partial charge in [-0.25, -0.2) is 0 Å². The van der Waals surface area contributed by atoms with Crippen molar-refractivity contribution < 1.29 is 9.69 Å². The topological polar surface area (TPSA) is 37.1 Å². The van der Waals surface area contributed by atoms with Crippen LogP contribution >= 0.6 is 27.7 Å². The SMILES string of the molecule is CC[NH+]1CCN(C2=NC(=O)/C(=C/c3ccc(Br)cc3)S2)CC1. The van der Waals surface area contributed by atoms with Crippen molar-refractivity contribution in [3.8, 4) is 0 Å². The van der Waals surface area contributed by atoms with Crippen molar-refractivity contribution in [1.29, 1.82) is 0 Å². The van der Waals surface area contributed by atoms with Crippen LogP contribution in [0.25, 0.3) is 6.08 Å². The first-order valence-corrected chi connectivity index (χ1v) is 9.13. The highest BCUT2D eigenvalue weighted by atomic mass is 79.9. The Labute approximate surface area is 143 Å². The van der Waals surface area contributed by atoms with E-state index in [1.807, 2.05) is 30.3 Å². The summed E-state index contributed by atoms with van der Waals surface area (Å²) in [7, 11) is 0. The summed E-state index contributed by atoms with van der Waals surface area (Å²) >= 11 is 4.92. The Kier molecular flexibility index (Phi) is 5.00. The molecule has 0 bridgehead atoms. The molecule has 0 saturated carbocycles. The summed E-state index contributed by atoms with van der Waals surface area (Å²) < 4.78 is 1.04. The van der Waals surface area contributed by atoms with Gasteiger partial charge in [-0.1, -0.05) is 28.1 Å². The van der Waals surface area contributed by atoms with E-state index in [0.29, 0.717) is 4.91 Å². The van der Waals surface area contributed by atoms with Gasteiger partial charge in [0.05, 0.1) is 37.6 Å². The number of amides is 1. The molecule has 4 nitrogen and oxygen atoms in total. The largest absolute Gasteiger partial charge is 0.339 e. The average Bonchev–Trinajstić information content (AvgIpc) is 2.91. The molecule has 6 heteroatoms. The normalized spacial score (nSPS) is 21.5. The summed E-state index contributed by atoms with van der Waals surface area (Å²) in [4.78, 5) is 20.9. The standard InChI is InChI=1S/C16H18BrN3OS/c1-2-19-7-9-20(10-8-19)16-18-15(21)14(22-16)11-12-3-5-13(17)6-4-12/h3-6,11H,2,7-10H2,1H3/p+1/b14-11-. The zero-order valence-electron chi connectivity index (χ0n) is 12.5. The molecule has 1 amide bonds. The molecule has 0 radical (unpaired) electrons. The molecule has 2 heterocycles. The minimum absolute atomic E-state index is 0.117. The van der Waals surface area contributed by atoms with Crippen molar-refractivity contribution in [3.05, 3.63) is 39.2 Å². The summed E-state index contributed by atoms with van der Waals surface area (Å²) in [6, 6.07) is 7.94. The van der Waals surface area contributed by atoms with Gasteiger partial charge in [0.2, 0.25) is 0 Å². The van der Waals surface area contributed by atoms with Crippen molar-refractivity contribution in [1.82, 2.24) is 4.90 Å². The van der Waals surface area contributed by atoms with Crippen LogP contribution in [-0.2, 0) is 4.79 Å². The Morgan fingerprint density at radius 3 is 2.64 bits per heavy atom. The molecular weight excluding hydrogens is 362 g/mol. The monoisotopic (exact) mass is 380 g/mol. The zero-order chi connectivity index (χ0) is 15.5. The maximum absolute atomic E-state index is 12.1. The number of piperazine rings is 1. The van der Waals surface area contributed by atoms with Gasteiger partial charge in [-0.05, 0) is 42.5 Å². The molecule has 3 rings (SSSR count). The highest BCUT2D eigenvalue weighted by Gasteiger charge is 2.29. The number of benzene rings is 1. The highest BCUT2D eigenvalue weighted by molar-refractivity contribution is 9.10. The number of carbonyl (C=O) groups excluding carboxylic acids is 1. The number of nitrogens with zero attached hydrogens (tertiary/aromatic N) is 2. The Balaban J connectivity index is 1.67. The lowest BCUT2D eigenvalue weighted by atomic mass is 10.2. The van der Waals surface area contributed by atoms with Crippen LogP contribution < -0.4 is 4.90 Å². The number of hydrogen-bond acceptors (Lipinski definition) is 3. The van der Waals surface area contributed by atoms with Crippen molar-refractivity contribution in [2.24, 2.45) is 4.99 Å². The third-order valence-electron chi connectivity index (χ3n) is 4.02. The molecule has 2 aliphatic heterocycles. The molecule has 1 aromatic rings. The summed E-state index contributed by atoms with van der Waals surface area (Å²) in [6.07, 6.45) is 1.92. The molecule has 1 N–H and O–H groups in total. The molecule has 0 unspecified atom stereocenters. The Hall–Kier alpha value is -1.11. The smallest absolute Gasteiger partial charge is 0.286 e. The van der Waals surface area contributed by atoms with E-state index in [0.717, 1.165) is 41.4 Å². The van der Waals surface area contributed by atoms with Crippen LogP contribution in [0, 0.1) is 0 Å². The van der Waals surface area contributed by atoms with Crippen molar-refractivity contribution >= 4 is 44.8 Å². The maximum Gasteiger partial charge on any atom is 0.286 e. The van der Waals surface area contributed by atoms with Gasteiger partial charge in [-0.3, -0.25) is 4.79 Å². The van der Waals surface area contributed by atoms with Gasteiger partial charge < -0.3 is 9.80 Å². The molecule has 0 spiro atoms. The first-order chi connectivity index (χ1) is 10.7. The lowest BCUT2D eigenvalue weighted by Crippen LogP contribution is -3.14. The summed E-state index contributed by atoms with van der Waals surface area (Å²) in [5, 5.41) is 0.864. The van der Waals surface area contributed by atoms with Gasteiger partial charge in [0.25, 0.3) is 5.91 Å². The van der Waals surface area contributed by atoms with E-state index in [2.05, 4.69) is 32.7 Å². The maximum atomic E-state index is 12.1. The van der Waals surface area contributed by atoms with E-state index >= 15 is 0 Å². The summed E-state index contributed by atoms with van der Waals surface area (Å²) in [5.41, 5.74) is 1.02. The summed E-state index contributed by atoms with van der Waals surface area (Å²) in [5.74, 6) is -0.117. The van der Waals surface area contributed by atoms with Crippen LogP contribution in [0.3, 0.4) is 0 Å². The van der Waals surface area contributed by atoms with E-state index < -0.39 is 0 Å². The van der Waals surface area contributed by atoms with Gasteiger partial charge in [-0.2, -0.15) is 4.99 Å². The van der Waals surface area contributed by atoms with Gasteiger partial charge in [-0.15, -0.1) is 0 Å². The second kappa shape index (κ2) is 6.98. The molecule has 0 aliphatic carbocycles. The van der Waals surface area contributed by atoms with Gasteiger partial charge in [0.15, 0.2) is 5.17 Å². The van der Waals surface area contributed by atoms with Crippen LogP contribution in [0.15, 0.2) is 38.6 Å². The first kappa shape index (κ1) is 15.8. The number of hydrogen-bond donors (Lipinski definition) is 1. The Bertz CT molecular complexity index is 619. The number of halogens is 1. The number of amidine groups is 1. The van der Waals surface area contributed by atoms with Gasteiger partial charge in [0.1, 0.15) is 0 Å². The van der Waals surface area contributed by atoms with Crippen LogP contribution in [0.2, 0.25) is 0 Å². The minimum atomic E-state index is -0.117. The second-order valence-electron chi connectivity index (χ2n) is 5.45. The van der Waals surface area contributed by atoms with Gasteiger partial charge in [0, 0.05) is 4.47 Å². The number of nitrogens with one attached hydrogen (secondary N) is 1. The quantitative estimate of drug-likeness (QED) is 0.792. The lowest BCUT2D eigenvalue weighted by Gasteiger charge is -2.32. The molecule has 0 aromatic heterocycles. The third kappa shape index (κ3) is 3.62. The molecule has 1 fully saturated rings. The van der Waals surface area contributed by atoms with E-state index in [4.69, 9.17) is 0 Å². The number of quaternary nitrogens is 1. The van der Waals surface area contributed by atoms with Crippen molar-refractivity contribution in [2.45, 2.75) is 6.92 Å². The fraction of sp³-hybridized carbons (Fsp3) is 0.375. The molecule has 2 aliphatic rings. The predicted octanol–water partition coefficient (Wildman–Crippen LogP) is 1.64. The number of carbonyl (C=O) groups is 1. The van der Waals surface area contributed by atoms with E-state index in [1.165, 1.54) is 18.3 Å². The fourth-order valence-electron chi connectivity index (χ4n) is 2.61. The minimum Gasteiger partial charge on any atom is -0.339 e. The molecular formula is C16H19BrN3OS+. The van der Waals surface area contributed by atoms with E-state index in [1.54, 1.807) is 4.90 Å². The van der Waals surface area contributed by atoms with Crippen molar-refractivity contribution in [2.75, 3.05) is 32.7 Å². The molecule has 22 heavy (non-hydrogen) atoms. The van der Waals surface area contributed by atoms with Crippen LogP contribution in [0.4, 0.5) is 0 Å². The van der Waals surface area contributed by atoms with Crippen molar-refractivity contribution in [3.63, 3.8) is 0 Å². The number of rotatable bonds is 2. The van der Waals surface area contributed by atoms with Crippen LogP contribution in [-0.4, -0.2) is 48.7 Å². The van der Waals surface area contributed by atoms with E-state index in [9.17, 15) is 4.79 Å². The third-order valence-corrected chi connectivity index (χ3v) is 5.59. The Morgan fingerprint density at radius 1 is 1.32 bits per heavy atom. The number of aliphatic imine (C=N–C) groups is 1. The fourth-order valence-corrected chi connectivity index (χ4v) is 3.84. The average molecular weight is 381 g/mol. The molecule has 1 aromatic carbocycles. The molecule has 116 valence electrons. The molecule has 1 saturated heterocycles. The number of thioether (sulfide) groups is 1. The van der Waals surface area contributed by atoms with Crippen LogP contribution in [0.5, 0.6) is 0 Å². The van der Waals surface area contributed by atoms with E-state index in [-0.39, 0.29) is 5.91 Å². The van der Waals surface area contributed by atoms with Gasteiger partial charge >= 0.3 is 0 Å². The summed E-state index contributed by atoms with van der Waals surface area (Å²) in [6.45, 7) is 7.59. The zero-order valence-corrected chi connectivity index (χ0v) is 14.9.